The summed E-state index contributed by atoms with van der Waals surface area (Å²) >= 11 is 0. The largest absolute Gasteiger partial charge is 0.497 e. The van der Waals surface area contributed by atoms with E-state index in [1.54, 1.807) is 38.3 Å². The molecule has 0 unspecified atom stereocenters. The van der Waals surface area contributed by atoms with Crippen molar-refractivity contribution in [3.8, 4) is 5.75 Å². The van der Waals surface area contributed by atoms with Crippen LogP contribution in [0.15, 0.2) is 24.3 Å². The number of benzene rings is 1. The topological polar surface area (TPSA) is 92.8 Å². The van der Waals surface area contributed by atoms with Crippen molar-refractivity contribution in [2.75, 3.05) is 7.11 Å². The normalized spacial score (nSPS) is 16.0. The Bertz CT molecular complexity index is 377. The Hall–Kier alpha value is -1.59. The summed E-state index contributed by atoms with van der Waals surface area (Å²) in [6.07, 6.45) is -0.910. The lowest BCUT2D eigenvalue weighted by Crippen LogP contribution is -2.39. The van der Waals surface area contributed by atoms with Gasteiger partial charge in [0.25, 0.3) is 0 Å². The molecule has 1 aromatic carbocycles. The molecule has 3 atom stereocenters. The Kier molecular flexibility index (Phi) is 4.48. The molecule has 0 aliphatic rings. The number of methoxy groups -OCH3 is 1. The Labute approximate surface area is 99.8 Å². The minimum atomic E-state index is -1.12. The molecule has 94 valence electrons. The maximum absolute atomic E-state index is 10.7. The van der Waals surface area contributed by atoms with Crippen LogP contribution in [0, 0.1) is 5.92 Å². The van der Waals surface area contributed by atoms with Crippen molar-refractivity contribution in [1.29, 1.82) is 0 Å². The molecule has 0 radical (unpaired) electrons. The van der Waals surface area contributed by atoms with Gasteiger partial charge in [0, 0.05) is 5.92 Å². The van der Waals surface area contributed by atoms with Gasteiger partial charge in [-0.05, 0) is 17.7 Å². The highest BCUT2D eigenvalue weighted by molar-refractivity contribution is 5.73. The highest BCUT2D eigenvalue weighted by Gasteiger charge is 2.27. The predicted molar refractivity (Wildman–Crippen MR) is 62.7 cm³/mol. The van der Waals surface area contributed by atoms with E-state index in [4.69, 9.17) is 15.6 Å². The quantitative estimate of drug-likeness (QED) is 0.706. The molecule has 0 aliphatic carbocycles. The molecule has 1 aromatic rings. The number of aliphatic hydroxyl groups excluding tert-OH is 1. The molecular weight excluding hydrogens is 222 g/mol. The predicted octanol–water partition coefficient (Wildman–Crippen LogP) is 0.777. The molecule has 0 spiro atoms. The summed E-state index contributed by atoms with van der Waals surface area (Å²) in [5, 5.41) is 18.8. The van der Waals surface area contributed by atoms with Gasteiger partial charge in [-0.3, -0.25) is 4.79 Å². The first-order chi connectivity index (χ1) is 7.97. The van der Waals surface area contributed by atoms with E-state index in [1.165, 1.54) is 0 Å². The van der Waals surface area contributed by atoms with Crippen LogP contribution in [0.3, 0.4) is 0 Å². The Balaban J connectivity index is 2.80. The average molecular weight is 239 g/mol. The van der Waals surface area contributed by atoms with Crippen molar-refractivity contribution in [3.63, 3.8) is 0 Å². The molecule has 0 fully saturated rings. The third-order valence-electron chi connectivity index (χ3n) is 2.81. The summed E-state index contributed by atoms with van der Waals surface area (Å²) < 4.78 is 4.99. The van der Waals surface area contributed by atoms with Gasteiger partial charge in [0.15, 0.2) is 0 Å². The second kappa shape index (κ2) is 5.65. The van der Waals surface area contributed by atoms with Crippen molar-refractivity contribution in [2.24, 2.45) is 11.7 Å². The lowest BCUT2D eigenvalue weighted by Gasteiger charge is -2.22. The van der Waals surface area contributed by atoms with Gasteiger partial charge in [-0.15, -0.1) is 0 Å². The van der Waals surface area contributed by atoms with Gasteiger partial charge in [0.2, 0.25) is 0 Å². The molecule has 0 saturated heterocycles. The minimum Gasteiger partial charge on any atom is -0.497 e. The zero-order valence-electron chi connectivity index (χ0n) is 9.83. The average Bonchev–Trinajstić information content (AvgIpc) is 2.36. The molecule has 4 N–H and O–H groups in total. The van der Waals surface area contributed by atoms with Crippen molar-refractivity contribution < 1.29 is 19.7 Å². The van der Waals surface area contributed by atoms with Crippen LogP contribution in [0.1, 0.15) is 18.6 Å². The SMILES string of the molecule is COc1ccc([C@H](O)[C@H](C)[C@H](N)C(=O)O)cc1. The van der Waals surface area contributed by atoms with Crippen molar-refractivity contribution in [3.05, 3.63) is 29.8 Å². The van der Waals surface area contributed by atoms with Crippen LogP contribution in [-0.4, -0.2) is 29.3 Å². The molecule has 0 bridgehead atoms. The minimum absolute atomic E-state index is 0.569. The fourth-order valence-corrected chi connectivity index (χ4v) is 1.53. The monoisotopic (exact) mass is 239 g/mol. The number of ether oxygens (including phenoxy) is 1. The molecule has 0 aliphatic heterocycles. The van der Waals surface area contributed by atoms with Gasteiger partial charge in [0.1, 0.15) is 11.8 Å². The molecule has 0 amide bonds. The van der Waals surface area contributed by atoms with E-state index in [-0.39, 0.29) is 0 Å². The van der Waals surface area contributed by atoms with Crippen LogP contribution in [-0.2, 0) is 4.79 Å². The number of aliphatic carboxylic acids is 1. The smallest absolute Gasteiger partial charge is 0.320 e. The Morgan fingerprint density at radius 1 is 1.35 bits per heavy atom. The molecule has 0 saturated carbocycles. The summed E-state index contributed by atoms with van der Waals surface area (Å²) in [4.78, 5) is 10.7. The first-order valence-electron chi connectivity index (χ1n) is 5.27. The summed E-state index contributed by atoms with van der Waals surface area (Å²) in [5.74, 6) is -1.01. The van der Waals surface area contributed by atoms with E-state index in [2.05, 4.69) is 0 Å². The first-order valence-corrected chi connectivity index (χ1v) is 5.27. The second-order valence-electron chi connectivity index (χ2n) is 3.94. The molecule has 0 heterocycles. The first kappa shape index (κ1) is 13.5. The fraction of sp³-hybridized carbons (Fsp3) is 0.417. The highest BCUT2D eigenvalue weighted by Crippen LogP contribution is 2.25. The Morgan fingerprint density at radius 3 is 2.29 bits per heavy atom. The second-order valence-corrected chi connectivity index (χ2v) is 3.94. The van der Waals surface area contributed by atoms with Gasteiger partial charge in [-0.25, -0.2) is 0 Å². The standard InChI is InChI=1S/C12H17NO4/c1-7(10(13)12(15)16)11(14)8-3-5-9(17-2)6-4-8/h3-7,10-11,14H,13H2,1-2H3,(H,15,16)/t7-,10+,11-/m1/s1. The van der Waals surface area contributed by atoms with Crippen LogP contribution in [0.4, 0.5) is 0 Å². The lowest BCUT2D eigenvalue weighted by atomic mass is 9.91. The van der Waals surface area contributed by atoms with Crippen LogP contribution in [0.2, 0.25) is 0 Å². The van der Waals surface area contributed by atoms with Crippen LogP contribution in [0.25, 0.3) is 0 Å². The number of rotatable bonds is 5. The summed E-state index contributed by atoms with van der Waals surface area (Å²) in [5.41, 5.74) is 6.09. The molecule has 17 heavy (non-hydrogen) atoms. The maximum atomic E-state index is 10.7. The van der Waals surface area contributed by atoms with E-state index >= 15 is 0 Å². The van der Waals surface area contributed by atoms with E-state index < -0.39 is 24.0 Å². The van der Waals surface area contributed by atoms with E-state index in [9.17, 15) is 9.90 Å². The number of hydrogen-bond donors (Lipinski definition) is 3. The molecule has 0 aromatic heterocycles. The number of aliphatic hydroxyl groups is 1. The van der Waals surface area contributed by atoms with Crippen molar-refractivity contribution in [2.45, 2.75) is 19.1 Å². The number of carbonyl (C=O) groups is 1. The van der Waals surface area contributed by atoms with Gasteiger partial charge in [-0.2, -0.15) is 0 Å². The summed E-state index contributed by atoms with van der Waals surface area (Å²) in [7, 11) is 1.55. The van der Waals surface area contributed by atoms with Gasteiger partial charge >= 0.3 is 5.97 Å². The van der Waals surface area contributed by atoms with Gasteiger partial charge in [-0.1, -0.05) is 19.1 Å². The van der Waals surface area contributed by atoms with Crippen molar-refractivity contribution >= 4 is 5.97 Å². The van der Waals surface area contributed by atoms with E-state index in [0.717, 1.165) is 0 Å². The summed E-state index contributed by atoms with van der Waals surface area (Å²) in [6.45, 7) is 1.60. The Morgan fingerprint density at radius 2 is 1.88 bits per heavy atom. The summed E-state index contributed by atoms with van der Waals surface area (Å²) in [6, 6.07) is 5.70. The van der Waals surface area contributed by atoms with Gasteiger partial charge < -0.3 is 20.7 Å². The van der Waals surface area contributed by atoms with Gasteiger partial charge in [0.05, 0.1) is 13.2 Å². The molecule has 5 nitrogen and oxygen atoms in total. The van der Waals surface area contributed by atoms with Crippen molar-refractivity contribution in [1.82, 2.24) is 0 Å². The zero-order chi connectivity index (χ0) is 13.0. The maximum Gasteiger partial charge on any atom is 0.320 e. The number of carboxylic acid groups (broad SMARTS) is 1. The van der Waals surface area contributed by atoms with Crippen LogP contribution < -0.4 is 10.5 Å². The van der Waals surface area contributed by atoms with E-state index in [1.807, 2.05) is 0 Å². The fourth-order valence-electron chi connectivity index (χ4n) is 1.53. The van der Waals surface area contributed by atoms with Crippen LogP contribution >= 0.6 is 0 Å². The molecule has 1 rings (SSSR count). The zero-order valence-corrected chi connectivity index (χ0v) is 9.83. The molecule has 5 heteroatoms. The number of hydrogen-bond acceptors (Lipinski definition) is 4. The van der Waals surface area contributed by atoms with Crippen LogP contribution in [0.5, 0.6) is 5.75 Å². The number of carboxylic acids is 1. The van der Waals surface area contributed by atoms with E-state index in [0.29, 0.717) is 11.3 Å². The lowest BCUT2D eigenvalue weighted by molar-refractivity contribution is -0.140. The molecular formula is C12H17NO4. The highest BCUT2D eigenvalue weighted by atomic mass is 16.5. The number of nitrogens with two attached hydrogens (primary N) is 1. The third kappa shape index (κ3) is 3.18. The third-order valence-corrected chi connectivity index (χ3v) is 2.81.